The summed E-state index contributed by atoms with van der Waals surface area (Å²) in [7, 11) is 0. The van der Waals surface area contributed by atoms with Crippen LogP contribution in [0.2, 0.25) is 0 Å². The minimum atomic E-state index is 0. The Kier molecular flexibility index (Phi) is 125. The summed E-state index contributed by atoms with van der Waals surface area (Å²) in [5.41, 5.74) is 0. The zero-order valence-electron chi connectivity index (χ0n) is 0.577. The monoisotopic (exact) mass is 229 g/mol. The Morgan fingerprint density at radius 3 is 0.500 bits per heavy atom. The van der Waals surface area contributed by atoms with E-state index in [1.165, 1.54) is 0 Å². The topological polar surface area (TPSA) is 0 Å². The predicted molar refractivity (Wildman–Crippen MR) is 29.8 cm³/mol. The van der Waals surface area contributed by atoms with Gasteiger partial charge in [0.25, 0.3) is 0 Å². The Morgan fingerprint density at radius 2 is 0.500 bits per heavy atom. The van der Waals surface area contributed by atoms with Crippen LogP contribution in [0, 0.1) is 35.6 Å². The van der Waals surface area contributed by atoms with E-state index in [2.05, 4.69) is 0 Å². The summed E-state index contributed by atoms with van der Waals surface area (Å²) >= 11 is 0. The van der Waals surface area contributed by atoms with Crippen molar-refractivity contribution in [2.24, 2.45) is 0 Å². The molecule has 0 N–H and O–H groups in total. The summed E-state index contributed by atoms with van der Waals surface area (Å²) in [5.74, 6) is 0. The van der Waals surface area contributed by atoms with Crippen molar-refractivity contribution in [3.63, 3.8) is 0 Å². The summed E-state index contributed by atoms with van der Waals surface area (Å²) < 4.78 is 0. The average molecular weight is 229 g/mol. The van der Waals surface area contributed by atoms with Gasteiger partial charge in [-0.2, -0.15) is 0 Å². The quantitative estimate of drug-likeness (QED) is 0.377. The second kappa shape index (κ2) is 17.1. The van der Waals surface area contributed by atoms with Crippen LogP contribution in [0.5, 0.6) is 0 Å². The fourth-order valence-electron chi connectivity index (χ4n) is 0. The van der Waals surface area contributed by atoms with E-state index >= 15 is 0 Å². The second-order valence-corrected chi connectivity index (χ2v) is 0. The Labute approximate surface area is 86.1 Å². The van der Waals surface area contributed by atoms with Gasteiger partial charge in [0, 0.05) is 35.6 Å². The molecule has 0 rings (SSSR count). The molecule has 0 bridgehead atoms. The van der Waals surface area contributed by atoms with E-state index in [0.717, 1.165) is 0 Å². The van der Waals surface area contributed by atoms with Gasteiger partial charge >= 0.3 is 0 Å². The molecule has 0 aliphatic heterocycles. The Bertz CT molecular complexity index is 3.25. The Morgan fingerprint density at radius 1 is 0.500 bits per heavy atom. The van der Waals surface area contributed by atoms with Gasteiger partial charge in [0.2, 0.25) is 0 Å². The van der Waals surface area contributed by atoms with Gasteiger partial charge in [0.05, 0.1) is 0 Å². The van der Waals surface area contributed by atoms with Crippen molar-refractivity contribution in [3.05, 3.63) is 0 Å². The van der Waals surface area contributed by atoms with Gasteiger partial charge in [-0.3, -0.25) is 0 Å². The normalized spacial score (nSPS) is 0. The molecule has 0 atom stereocenters. The first kappa shape index (κ1) is 29.2. The van der Waals surface area contributed by atoms with Gasteiger partial charge in [-0.15, -0.1) is 0 Å². The van der Waals surface area contributed by atoms with Crippen LogP contribution in [-0.4, -0.2) is 52.1 Å². The minimum absolute atomic E-state index is 0. The predicted octanol–water partition coefficient (Wildman–Crippen LogP) is -3.55. The van der Waals surface area contributed by atoms with E-state index in [1.54, 1.807) is 0 Å². The average Bonchev–Trinajstić information content (AvgIpc) is 0. The van der Waals surface area contributed by atoms with E-state index in [1.807, 2.05) is 0 Å². The van der Waals surface area contributed by atoms with E-state index in [4.69, 9.17) is 0 Å². The largest absolute Gasteiger partial charge is 0.187 e. The Balaban J connectivity index is 0. The molecule has 0 fully saturated rings. The van der Waals surface area contributed by atoms with Crippen LogP contribution in [0.15, 0.2) is 0 Å². The van der Waals surface area contributed by atoms with Gasteiger partial charge in [0.15, 0.2) is 52.1 Å². The zero-order valence-corrected chi connectivity index (χ0v) is 4.20. The number of hydrogen-bond donors (Lipinski definition) is 0. The van der Waals surface area contributed by atoms with Gasteiger partial charge < -0.3 is 0 Å². The first-order valence-electron chi connectivity index (χ1n) is 0. The molecule has 0 saturated heterocycles. The maximum absolute atomic E-state index is 0. The van der Waals surface area contributed by atoms with Crippen LogP contribution in [0.4, 0.5) is 0 Å². The van der Waals surface area contributed by atoms with Crippen molar-refractivity contribution in [1.82, 2.24) is 0 Å². The minimum Gasteiger partial charge on any atom is 0 e. The smallest absolute Gasteiger partial charge is 0 e. The van der Waals surface area contributed by atoms with Gasteiger partial charge in [-0.1, -0.05) is 0 Å². The summed E-state index contributed by atoms with van der Waals surface area (Å²) in [6.07, 6.45) is 0. The molecule has 0 heterocycles. The third kappa shape index (κ3) is 8.84. The summed E-state index contributed by atoms with van der Waals surface area (Å²) in [6, 6.07) is 0. The molecule has 4 heavy (non-hydrogen) atoms. The molecule has 0 spiro atoms. The number of hydrogen-bond acceptors (Lipinski definition) is 0. The van der Waals surface area contributed by atoms with Crippen molar-refractivity contribution >= 4 is 52.1 Å². The molecule has 0 aromatic rings. The molecule has 0 aromatic carbocycles. The molecule has 0 nitrogen and oxygen atoms in total. The molecular weight excluding hydrogens is 220 g/mol. The summed E-state index contributed by atoms with van der Waals surface area (Å²) in [5, 5.41) is 0. The van der Waals surface area contributed by atoms with Crippen LogP contribution in [-0.2, 0) is 0 Å². The molecule has 0 aliphatic carbocycles. The van der Waals surface area contributed by atoms with Crippen molar-refractivity contribution in [1.29, 1.82) is 0 Å². The summed E-state index contributed by atoms with van der Waals surface area (Å²) in [6.45, 7) is 0. The van der Waals surface area contributed by atoms with Gasteiger partial charge in [-0.05, 0) is 0 Å². The van der Waals surface area contributed by atoms with Crippen LogP contribution in [0.1, 0.15) is 0 Å². The molecule has 0 aromatic heterocycles. The van der Waals surface area contributed by atoms with E-state index < -0.39 is 0 Å². The molecule has 0 amide bonds. The summed E-state index contributed by atoms with van der Waals surface area (Å²) in [4.78, 5) is 0. The van der Waals surface area contributed by atoms with Crippen LogP contribution in [0.25, 0.3) is 0 Å². The third-order valence-corrected chi connectivity index (χ3v) is 0. The standard InChI is InChI=1S/3Al.La.9H. The Hall–Kier alpha value is 2.79. The molecule has 21 valence electrons. The maximum Gasteiger partial charge on any atom is 0.187 e. The third-order valence-electron chi connectivity index (χ3n) is 0. The molecule has 0 aliphatic rings. The van der Waals surface area contributed by atoms with Crippen molar-refractivity contribution in [2.45, 2.75) is 0 Å². The van der Waals surface area contributed by atoms with E-state index in [-0.39, 0.29) is 87.7 Å². The maximum atomic E-state index is 0. The second-order valence-electron chi connectivity index (χ2n) is 0. The fourth-order valence-corrected chi connectivity index (χ4v) is 0. The number of rotatable bonds is 0. The van der Waals surface area contributed by atoms with Crippen molar-refractivity contribution in [3.8, 4) is 0 Å². The van der Waals surface area contributed by atoms with Crippen LogP contribution >= 0.6 is 0 Å². The molecule has 0 saturated carbocycles. The van der Waals surface area contributed by atoms with Gasteiger partial charge in [-0.25, -0.2) is 0 Å². The van der Waals surface area contributed by atoms with E-state index in [9.17, 15) is 0 Å². The van der Waals surface area contributed by atoms with Crippen molar-refractivity contribution < 1.29 is 35.6 Å². The van der Waals surface area contributed by atoms with Crippen molar-refractivity contribution in [2.75, 3.05) is 0 Å². The fraction of sp³-hybridized carbons (Fsp3) is 0. The SMILES string of the molecule is [AlH3].[AlH3].[AlH3].[La]. The van der Waals surface area contributed by atoms with Crippen LogP contribution in [0.3, 0.4) is 0 Å². The molecule has 1 radical (unpaired) electrons. The molecule has 4 heteroatoms. The zero-order chi connectivity index (χ0) is 0. The first-order valence-corrected chi connectivity index (χ1v) is 0. The van der Waals surface area contributed by atoms with E-state index in [0.29, 0.717) is 0 Å². The molecular formula is H9Al3La. The van der Waals surface area contributed by atoms with Crippen LogP contribution < -0.4 is 0 Å². The van der Waals surface area contributed by atoms with Gasteiger partial charge in [0.1, 0.15) is 0 Å². The first-order chi connectivity index (χ1) is 0. The molecule has 0 unspecified atom stereocenters.